The highest BCUT2D eigenvalue weighted by Crippen LogP contribution is 2.15. The van der Waals surface area contributed by atoms with Crippen LogP contribution in [0.4, 0.5) is 0 Å². The molecule has 0 saturated carbocycles. The molecule has 19 heavy (non-hydrogen) atoms. The number of hydrogen-bond donors (Lipinski definition) is 1. The number of unbranched alkanes of at least 4 members (excludes halogenated alkanes) is 1. The van der Waals surface area contributed by atoms with Gasteiger partial charge in [0.15, 0.2) is 6.29 Å². The summed E-state index contributed by atoms with van der Waals surface area (Å²) >= 11 is 0. The summed E-state index contributed by atoms with van der Waals surface area (Å²) in [6.07, 6.45) is 3.02. The Balaban J connectivity index is 1.73. The van der Waals surface area contributed by atoms with E-state index in [9.17, 15) is 0 Å². The van der Waals surface area contributed by atoms with Crippen LogP contribution in [0, 0.1) is 0 Å². The molecule has 0 aliphatic heterocycles. The number of H-pyrrole nitrogens is 1. The number of nitrogens with one attached hydrogen (secondary N) is 1. The Kier molecular flexibility index (Phi) is 5.43. The minimum Gasteiger partial charge on any atom is -0.358 e. The van der Waals surface area contributed by atoms with Crippen LogP contribution in [-0.2, 0) is 15.9 Å². The summed E-state index contributed by atoms with van der Waals surface area (Å²) in [6.45, 7) is 5.58. The molecule has 104 valence electrons. The van der Waals surface area contributed by atoms with E-state index in [2.05, 4.69) is 36.2 Å². The van der Waals surface area contributed by atoms with E-state index < -0.39 is 0 Å². The van der Waals surface area contributed by atoms with Crippen molar-refractivity contribution in [2.24, 2.45) is 0 Å². The van der Waals surface area contributed by atoms with Crippen LogP contribution in [0.25, 0.3) is 10.9 Å². The Labute approximate surface area is 114 Å². The van der Waals surface area contributed by atoms with E-state index >= 15 is 0 Å². The van der Waals surface area contributed by atoms with E-state index in [0.29, 0.717) is 6.61 Å². The molecular weight excluding hydrogens is 238 g/mol. The van der Waals surface area contributed by atoms with Crippen molar-refractivity contribution < 1.29 is 9.47 Å². The van der Waals surface area contributed by atoms with E-state index in [1.54, 1.807) is 0 Å². The molecule has 0 aliphatic rings. The van der Waals surface area contributed by atoms with Crippen LogP contribution in [0.1, 0.15) is 32.4 Å². The van der Waals surface area contributed by atoms with Gasteiger partial charge in [-0.15, -0.1) is 0 Å². The molecule has 0 spiro atoms. The standard InChI is InChI=1S/C16H23NO2/c1-3-4-10-18-13(2)19-11-9-15-12-14-7-5-6-8-16(14)17-15/h5-8,12-13,17H,3-4,9-11H2,1-2H3. The minimum absolute atomic E-state index is 0.115. The molecule has 3 nitrogen and oxygen atoms in total. The summed E-state index contributed by atoms with van der Waals surface area (Å²) in [5, 5.41) is 1.25. The van der Waals surface area contributed by atoms with Gasteiger partial charge in [-0.3, -0.25) is 0 Å². The van der Waals surface area contributed by atoms with E-state index in [1.807, 2.05) is 13.0 Å². The Bertz CT molecular complexity index is 459. The van der Waals surface area contributed by atoms with Gasteiger partial charge in [0.05, 0.1) is 6.61 Å². The Morgan fingerprint density at radius 3 is 2.74 bits per heavy atom. The van der Waals surface area contributed by atoms with Crippen LogP contribution < -0.4 is 0 Å². The predicted molar refractivity (Wildman–Crippen MR) is 78.3 cm³/mol. The smallest absolute Gasteiger partial charge is 0.154 e. The van der Waals surface area contributed by atoms with Gasteiger partial charge in [0.2, 0.25) is 0 Å². The Morgan fingerprint density at radius 1 is 1.16 bits per heavy atom. The normalized spacial score (nSPS) is 12.9. The summed E-state index contributed by atoms with van der Waals surface area (Å²) in [6, 6.07) is 10.5. The molecule has 0 bridgehead atoms. The van der Waals surface area contributed by atoms with E-state index in [-0.39, 0.29) is 6.29 Å². The molecule has 1 aromatic heterocycles. The lowest BCUT2D eigenvalue weighted by Gasteiger charge is -2.13. The number of fused-ring (bicyclic) bond motifs is 1. The van der Waals surface area contributed by atoms with Gasteiger partial charge in [-0.25, -0.2) is 0 Å². The fourth-order valence-electron chi connectivity index (χ4n) is 2.04. The van der Waals surface area contributed by atoms with Crippen molar-refractivity contribution in [3.63, 3.8) is 0 Å². The third-order valence-electron chi connectivity index (χ3n) is 3.16. The molecule has 0 radical (unpaired) electrons. The second-order valence-corrected chi connectivity index (χ2v) is 4.79. The molecule has 1 atom stereocenters. The molecule has 1 heterocycles. The summed E-state index contributed by atoms with van der Waals surface area (Å²) in [5.41, 5.74) is 2.40. The lowest BCUT2D eigenvalue weighted by Crippen LogP contribution is -2.15. The van der Waals surface area contributed by atoms with Crippen LogP contribution in [0.15, 0.2) is 30.3 Å². The van der Waals surface area contributed by atoms with Gasteiger partial charge in [0.1, 0.15) is 0 Å². The van der Waals surface area contributed by atoms with E-state index in [4.69, 9.17) is 9.47 Å². The molecule has 1 N–H and O–H groups in total. The van der Waals surface area contributed by atoms with E-state index in [0.717, 1.165) is 25.9 Å². The average molecular weight is 261 g/mol. The summed E-state index contributed by atoms with van der Waals surface area (Å²) in [5.74, 6) is 0. The van der Waals surface area contributed by atoms with Crippen molar-refractivity contribution in [1.29, 1.82) is 0 Å². The number of para-hydroxylation sites is 1. The summed E-state index contributed by atoms with van der Waals surface area (Å²) < 4.78 is 11.2. The molecule has 0 aliphatic carbocycles. The molecule has 3 heteroatoms. The van der Waals surface area contributed by atoms with Gasteiger partial charge >= 0.3 is 0 Å². The van der Waals surface area contributed by atoms with Gasteiger partial charge < -0.3 is 14.5 Å². The highest BCUT2D eigenvalue weighted by atomic mass is 16.7. The highest BCUT2D eigenvalue weighted by molar-refractivity contribution is 5.80. The highest BCUT2D eigenvalue weighted by Gasteiger charge is 2.03. The molecule has 1 unspecified atom stereocenters. The monoisotopic (exact) mass is 261 g/mol. The zero-order valence-electron chi connectivity index (χ0n) is 11.8. The van der Waals surface area contributed by atoms with E-state index in [1.165, 1.54) is 16.6 Å². The quantitative estimate of drug-likeness (QED) is 0.578. The maximum atomic E-state index is 5.65. The first kappa shape index (κ1) is 14.1. The van der Waals surface area contributed by atoms with Gasteiger partial charge in [0, 0.05) is 24.2 Å². The van der Waals surface area contributed by atoms with Crippen LogP contribution >= 0.6 is 0 Å². The Morgan fingerprint density at radius 2 is 1.95 bits per heavy atom. The third kappa shape index (κ3) is 4.37. The number of rotatable bonds is 8. The van der Waals surface area contributed by atoms with Gasteiger partial charge in [0.25, 0.3) is 0 Å². The van der Waals surface area contributed by atoms with Crippen LogP contribution in [0.2, 0.25) is 0 Å². The average Bonchev–Trinajstić information content (AvgIpc) is 2.81. The molecule has 2 aromatic rings. The molecule has 2 rings (SSSR count). The second kappa shape index (κ2) is 7.31. The lowest BCUT2D eigenvalue weighted by molar-refractivity contribution is -0.130. The van der Waals surface area contributed by atoms with Crippen molar-refractivity contribution in [2.45, 2.75) is 39.4 Å². The fourth-order valence-corrected chi connectivity index (χ4v) is 2.04. The number of hydrogen-bond acceptors (Lipinski definition) is 2. The molecule has 1 aromatic carbocycles. The second-order valence-electron chi connectivity index (χ2n) is 4.79. The lowest BCUT2D eigenvalue weighted by atomic mass is 10.2. The van der Waals surface area contributed by atoms with Crippen molar-refractivity contribution in [1.82, 2.24) is 4.98 Å². The summed E-state index contributed by atoms with van der Waals surface area (Å²) in [4.78, 5) is 3.40. The first-order valence-electron chi connectivity index (χ1n) is 7.09. The zero-order valence-corrected chi connectivity index (χ0v) is 11.8. The fraction of sp³-hybridized carbons (Fsp3) is 0.500. The van der Waals surface area contributed by atoms with Crippen LogP contribution in [0.3, 0.4) is 0 Å². The topological polar surface area (TPSA) is 34.2 Å². The van der Waals surface area contributed by atoms with Gasteiger partial charge in [-0.1, -0.05) is 31.5 Å². The maximum Gasteiger partial charge on any atom is 0.154 e. The van der Waals surface area contributed by atoms with Crippen LogP contribution in [-0.4, -0.2) is 24.5 Å². The molecule has 0 amide bonds. The predicted octanol–water partition coefficient (Wildman–Crippen LogP) is 3.89. The first-order chi connectivity index (χ1) is 9.29. The third-order valence-corrected chi connectivity index (χ3v) is 3.16. The number of benzene rings is 1. The van der Waals surface area contributed by atoms with Gasteiger partial charge in [-0.2, -0.15) is 0 Å². The Hall–Kier alpha value is -1.32. The molecular formula is C16H23NO2. The van der Waals surface area contributed by atoms with Gasteiger partial charge in [-0.05, 0) is 30.9 Å². The minimum atomic E-state index is -0.115. The first-order valence-corrected chi connectivity index (χ1v) is 7.09. The largest absolute Gasteiger partial charge is 0.358 e. The van der Waals surface area contributed by atoms with Crippen molar-refractivity contribution in [2.75, 3.05) is 13.2 Å². The molecule has 0 saturated heterocycles. The number of aromatic amines is 1. The number of ether oxygens (including phenoxy) is 2. The van der Waals surface area contributed by atoms with Crippen LogP contribution in [0.5, 0.6) is 0 Å². The van der Waals surface area contributed by atoms with Crippen molar-refractivity contribution in [3.8, 4) is 0 Å². The van der Waals surface area contributed by atoms with Crippen molar-refractivity contribution in [3.05, 3.63) is 36.0 Å². The zero-order chi connectivity index (χ0) is 13.5. The SMILES string of the molecule is CCCCOC(C)OCCc1cc2ccccc2[nH]1. The number of aromatic nitrogens is 1. The van der Waals surface area contributed by atoms with Crippen molar-refractivity contribution >= 4 is 10.9 Å². The molecule has 0 fully saturated rings. The maximum absolute atomic E-state index is 5.65. The summed E-state index contributed by atoms with van der Waals surface area (Å²) in [7, 11) is 0.